The van der Waals surface area contributed by atoms with E-state index >= 15 is 0 Å². The summed E-state index contributed by atoms with van der Waals surface area (Å²) in [5.41, 5.74) is 0. The summed E-state index contributed by atoms with van der Waals surface area (Å²) in [4.78, 5) is 4.71. The van der Waals surface area contributed by atoms with Crippen LogP contribution in [-0.2, 0) is 10.0 Å². The lowest BCUT2D eigenvalue weighted by Crippen LogP contribution is -2.50. The van der Waals surface area contributed by atoms with Crippen LogP contribution >= 0.6 is 0 Å². The highest BCUT2D eigenvalue weighted by Crippen LogP contribution is 2.20. The molecule has 0 aliphatic carbocycles. The molecule has 6 nitrogen and oxygen atoms in total. The fourth-order valence-corrected chi connectivity index (χ4v) is 4.12. The molecule has 118 valence electrons. The lowest BCUT2D eigenvalue weighted by atomic mass is 9.99. The summed E-state index contributed by atoms with van der Waals surface area (Å²) in [6.45, 7) is 7.40. The Bertz CT molecular complexity index is 394. The fraction of sp³-hybridized carbons (Fsp3) is 1.00. The average molecular weight is 305 g/mol. The Kier molecular flexibility index (Phi) is 5.80. The van der Waals surface area contributed by atoms with Gasteiger partial charge in [-0.05, 0) is 18.8 Å². The quantitative estimate of drug-likeness (QED) is 0.725. The summed E-state index contributed by atoms with van der Waals surface area (Å²) >= 11 is 0. The number of piperazine rings is 1. The molecule has 0 radical (unpaired) electrons. The van der Waals surface area contributed by atoms with E-state index in [2.05, 4.69) is 9.80 Å². The zero-order valence-electron chi connectivity index (χ0n) is 12.4. The molecule has 2 heterocycles. The van der Waals surface area contributed by atoms with Gasteiger partial charge in [-0.25, -0.2) is 12.7 Å². The van der Waals surface area contributed by atoms with E-state index in [1.54, 1.807) is 4.31 Å². The topological polar surface area (TPSA) is 64.1 Å². The van der Waals surface area contributed by atoms with E-state index in [0.717, 1.165) is 52.1 Å². The van der Waals surface area contributed by atoms with Gasteiger partial charge >= 0.3 is 0 Å². The number of aliphatic hydroxyl groups is 1. The average Bonchev–Trinajstić information content (AvgIpc) is 2.41. The van der Waals surface area contributed by atoms with Crippen LogP contribution in [0.2, 0.25) is 0 Å². The third-order valence-corrected chi connectivity index (χ3v) is 5.62. The van der Waals surface area contributed by atoms with Gasteiger partial charge < -0.3 is 10.0 Å². The summed E-state index contributed by atoms with van der Waals surface area (Å²) in [5.74, 6) is 0.461. The lowest BCUT2D eigenvalue weighted by molar-refractivity contribution is 0.0920. The van der Waals surface area contributed by atoms with Crippen LogP contribution < -0.4 is 0 Å². The minimum atomic E-state index is -3.04. The molecule has 0 aromatic heterocycles. The molecule has 2 fully saturated rings. The van der Waals surface area contributed by atoms with Crippen LogP contribution in [0, 0.1) is 5.92 Å². The van der Waals surface area contributed by atoms with Gasteiger partial charge in [0.1, 0.15) is 0 Å². The van der Waals surface area contributed by atoms with Crippen LogP contribution in [0.4, 0.5) is 0 Å². The second-order valence-electron chi connectivity index (χ2n) is 6.00. The van der Waals surface area contributed by atoms with Gasteiger partial charge in [0.25, 0.3) is 0 Å². The first-order chi connectivity index (χ1) is 9.49. The number of hydrogen-bond acceptors (Lipinski definition) is 5. The van der Waals surface area contributed by atoms with E-state index in [0.29, 0.717) is 19.0 Å². The van der Waals surface area contributed by atoms with Crippen LogP contribution in [0.3, 0.4) is 0 Å². The second-order valence-corrected chi connectivity index (χ2v) is 7.98. The standard InChI is InChI=1S/C13H27N3O3S/c1-20(18,19)16-4-2-3-13(12-16)11-15-7-5-14(6-8-15)9-10-17/h13,17H,2-12H2,1H3. The Morgan fingerprint density at radius 3 is 2.35 bits per heavy atom. The van der Waals surface area contributed by atoms with Gasteiger partial charge in [0, 0.05) is 52.4 Å². The van der Waals surface area contributed by atoms with Crippen molar-refractivity contribution >= 4 is 10.0 Å². The monoisotopic (exact) mass is 305 g/mol. The molecule has 0 saturated carbocycles. The first-order valence-corrected chi connectivity index (χ1v) is 9.34. The number of nitrogens with zero attached hydrogens (tertiary/aromatic N) is 3. The van der Waals surface area contributed by atoms with E-state index < -0.39 is 10.0 Å². The largest absolute Gasteiger partial charge is 0.395 e. The van der Waals surface area contributed by atoms with Crippen LogP contribution in [0.25, 0.3) is 0 Å². The highest BCUT2D eigenvalue weighted by molar-refractivity contribution is 7.88. The Morgan fingerprint density at radius 1 is 1.10 bits per heavy atom. The number of hydrogen-bond donors (Lipinski definition) is 1. The molecule has 2 aliphatic heterocycles. The summed E-state index contributed by atoms with van der Waals surface area (Å²) < 4.78 is 24.9. The highest BCUT2D eigenvalue weighted by Gasteiger charge is 2.28. The van der Waals surface area contributed by atoms with Gasteiger partial charge in [0.05, 0.1) is 12.9 Å². The zero-order chi connectivity index (χ0) is 14.6. The molecule has 2 saturated heterocycles. The summed E-state index contributed by atoms with van der Waals surface area (Å²) in [7, 11) is -3.04. The predicted octanol–water partition coefficient (Wildman–Crippen LogP) is -0.732. The number of rotatable bonds is 5. The molecule has 0 spiro atoms. The molecule has 20 heavy (non-hydrogen) atoms. The van der Waals surface area contributed by atoms with Crippen molar-refractivity contribution in [1.82, 2.24) is 14.1 Å². The van der Waals surface area contributed by atoms with Crippen molar-refractivity contribution in [2.75, 3.05) is 65.2 Å². The van der Waals surface area contributed by atoms with Crippen molar-refractivity contribution in [3.8, 4) is 0 Å². The minimum Gasteiger partial charge on any atom is -0.395 e. The zero-order valence-corrected chi connectivity index (χ0v) is 13.2. The van der Waals surface area contributed by atoms with Crippen molar-refractivity contribution in [3.05, 3.63) is 0 Å². The number of β-amino-alcohol motifs (C(OH)–C–C–N with tert-alkyl or cyclic N) is 1. The van der Waals surface area contributed by atoms with Crippen LogP contribution in [0.1, 0.15) is 12.8 Å². The SMILES string of the molecule is CS(=O)(=O)N1CCCC(CN2CCN(CCO)CC2)C1. The first kappa shape index (κ1) is 16.2. The molecular weight excluding hydrogens is 278 g/mol. The van der Waals surface area contributed by atoms with Gasteiger partial charge in [-0.1, -0.05) is 0 Å². The molecular formula is C13H27N3O3S. The molecule has 2 rings (SSSR count). The maximum atomic E-state index is 11.6. The molecule has 2 aliphatic rings. The predicted molar refractivity (Wildman–Crippen MR) is 79.1 cm³/mol. The third kappa shape index (κ3) is 4.66. The number of sulfonamides is 1. The van der Waals surface area contributed by atoms with Gasteiger partial charge in [0.15, 0.2) is 0 Å². The van der Waals surface area contributed by atoms with Gasteiger partial charge in [0.2, 0.25) is 10.0 Å². The lowest BCUT2D eigenvalue weighted by Gasteiger charge is -2.38. The molecule has 1 atom stereocenters. The van der Waals surface area contributed by atoms with Gasteiger partial charge in [-0.15, -0.1) is 0 Å². The van der Waals surface area contributed by atoms with Crippen molar-refractivity contribution in [2.45, 2.75) is 12.8 Å². The Hall–Kier alpha value is -0.210. The molecule has 1 unspecified atom stereocenters. The van der Waals surface area contributed by atoms with Crippen LogP contribution in [0.15, 0.2) is 0 Å². The molecule has 7 heteroatoms. The summed E-state index contributed by atoms with van der Waals surface area (Å²) in [6.07, 6.45) is 3.41. The summed E-state index contributed by atoms with van der Waals surface area (Å²) in [6, 6.07) is 0. The molecule has 0 bridgehead atoms. The first-order valence-electron chi connectivity index (χ1n) is 7.49. The molecule has 1 N–H and O–H groups in total. The fourth-order valence-electron chi connectivity index (χ4n) is 3.18. The normalized spacial score (nSPS) is 27.8. The van der Waals surface area contributed by atoms with E-state index in [1.807, 2.05) is 0 Å². The minimum absolute atomic E-state index is 0.228. The number of piperidine rings is 1. The Balaban J connectivity index is 1.77. The third-order valence-electron chi connectivity index (χ3n) is 4.35. The van der Waals surface area contributed by atoms with Gasteiger partial charge in [-0.2, -0.15) is 0 Å². The maximum Gasteiger partial charge on any atom is 0.211 e. The Morgan fingerprint density at radius 2 is 1.75 bits per heavy atom. The molecule has 0 amide bonds. The highest BCUT2D eigenvalue weighted by atomic mass is 32.2. The van der Waals surface area contributed by atoms with E-state index in [4.69, 9.17) is 5.11 Å². The Labute approximate surface area is 122 Å². The summed E-state index contributed by atoms with van der Waals surface area (Å²) in [5, 5.41) is 8.93. The molecule has 0 aromatic rings. The van der Waals surface area contributed by atoms with E-state index in [-0.39, 0.29) is 6.61 Å². The van der Waals surface area contributed by atoms with Gasteiger partial charge in [-0.3, -0.25) is 4.90 Å². The van der Waals surface area contributed by atoms with Crippen LogP contribution in [-0.4, -0.2) is 92.9 Å². The molecule has 0 aromatic carbocycles. The van der Waals surface area contributed by atoms with Crippen molar-refractivity contribution in [2.24, 2.45) is 5.92 Å². The van der Waals surface area contributed by atoms with E-state index in [1.165, 1.54) is 6.26 Å². The van der Waals surface area contributed by atoms with Crippen molar-refractivity contribution in [1.29, 1.82) is 0 Å². The number of aliphatic hydroxyl groups excluding tert-OH is 1. The smallest absolute Gasteiger partial charge is 0.211 e. The van der Waals surface area contributed by atoms with Crippen LogP contribution in [0.5, 0.6) is 0 Å². The van der Waals surface area contributed by atoms with E-state index in [9.17, 15) is 8.42 Å². The van der Waals surface area contributed by atoms with Crippen molar-refractivity contribution in [3.63, 3.8) is 0 Å². The maximum absolute atomic E-state index is 11.6. The van der Waals surface area contributed by atoms with Crippen molar-refractivity contribution < 1.29 is 13.5 Å². The second kappa shape index (κ2) is 7.17.